The fourth-order valence-corrected chi connectivity index (χ4v) is 3.81. The second-order valence-corrected chi connectivity index (χ2v) is 7.01. The minimum atomic E-state index is 0. The number of amides is 2. The molecule has 0 aromatic heterocycles. The Morgan fingerprint density at radius 1 is 1.00 bits per heavy atom. The summed E-state index contributed by atoms with van der Waals surface area (Å²) in [7, 11) is 0. The number of rotatable bonds is 3. The van der Waals surface area contributed by atoms with Crippen LogP contribution in [0.25, 0.3) is 0 Å². The maximum Gasteiger partial charge on any atom is 0.253 e. The molecule has 1 heterocycles. The predicted octanol–water partition coefficient (Wildman–Crippen LogP) is 2.95. The Balaban J connectivity index is 0.00000225. The monoisotopic (exact) mass is 365 g/mol. The number of carbonyl (C=O) groups excluding carboxylic acids is 2. The fraction of sp³-hybridized carbons (Fsp3) is 0.579. The van der Waals surface area contributed by atoms with Crippen molar-refractivity contribution in [3.8, 4) is 0 Å². The molecule has 0 spiro atoms. The Labute approximate surface area is 155 Å². The van der Waals surface area contributed by atoms with Gasteiger partial charge in [-0.05, 0) is 43.4 Å². The maximum absolute atomic E-state index is 12.6. The van der Waals surface area contributed by atoms with E-state index in [-0.39, 0.29) is 24.2 Å². The van der Waals surface area contributed by atoms with Crippen LogP contribution in [-0.4, -0.2) is 47.8 Å². The lowest BCUT2D eigenvalue weighted by Crippen LogP contribution is -2.37. The third-order valence-electron chi connectivity index (χ3n) is 5.21. The maximum atomic E-state index is 12.6. The van der Waals surface area contributed by atoms with E-state index in [1.165, 1.54) is 25.7 Å². The Morgan fingerprint density at radius 3 is 2.40 bits per heavy atom. The van der Waals surface area contributed by atoms with Gasteiger partial charge in [0.2, 0.25) is 5.91 Å². The van der Waals surface area contributed by atoms with E-state index in [2.05, 4.69) is 0 Å². The van der Waals surface area contributed by atoms with E-state index in [9.17, 15) is 9.59 Å². The summed E-state index contributed by atoms with van der Waals surface area (Å²) < 4.78 is 0. The number of hydrogen-bond donors (Lipinski definition) is 1. The Hall–Kier alpha value is -1.75. The second-order valence-electron chi connectivity index (χ2n) is 7.01. The van der Waals surface area contributed by atoms with Crippen molar-refractivity contribution in [1.29, 1.82) is 0 Å². The molecule has 1 saturated heterocycles. The van der Waals surface area contributed by atoms with Gasteiger partial charge in [0, 0.05) is 43.9 Å². The van der Waals surface area contributed by atoms with Gasteiger partial charge < -0.3 is 15.5 Å². The molecule has 0 unspecified atom stereocenters. The van der Waals surface area contributed by atoms with Gasteiger partial charge in [0.25, 0.3) is 5.91 Å². The molecule has 0 radical (unpaired) electrons. The van der Waals surface area contributed by atoms with Crippen molar-refractivity contribution >= 4 is 29.9 Å². The van der Waals surface area contributed by atoms with E-state index in [1.807, 2.05) is 9.80 Å². The van der Waals surface area contributed by atoms with Crippen molar-refractivity contribution in [2.75, 3.05) is 31.9 Å². The first-order chi connectivity index (χ1) is 11.6. The highest BCUT2D eigenvalue weighted by atomic mass is 35.5. The van der Waals surface area contributed by atoms with Gasteiger partial charge in [0.1, 0.15) is 0 Å². The molecule has 5 nitrogen and oxygen atoms in total. The summed E-state index contributed by atoms with van der Waals surface area (Å²) in [5.41, 5.74) is 7.00. The molecule has 25 heavy (non-hydrogen) atoms. The number of hydrogen-bond acceptors (Lipinski definition) is 3. The van der Waals surface area contributed by atoms with Crippen LogP contribution in [0.15, 0.2) is 24.3 Å². The van der Waals surface area contributed by atoms with Gasteiger partial charge in [-0.1, -0.05) is 18.9 Å². The van der Waals surface area contributed by atoms with Crippen LogP contribution < -0.4 is 5.73 Å². The summed E-state index contributed by atoms with van der Waals surface area (Å²) >= 11 is 0. The average molecular weight is 366 g/mol. The highest BCUT2D eigenvalue weighted by Crippen LogP contribution is 2.28. The average Bonchev–Trinajstić information content (AvgIpc) is 2.95. The predicted molar refractivity (Wildman–Crippen MR) is 102 cm³/mol. The smallest absolute Gasteiger partial charge is 0.253 e. The fourth-order valence-electron chi connectivity index (χ4n) is 3.81. The zero-order chi connectivity index (χ0) is 16.9. The third kappa shape index (κ3) is 5.11. The molecule has 1 saturated carbocycles. The summed E-state index contributed by atoms with van der Waals surface area (Å²) in [6.45, 7) is 2.69. The van der Waals surface area contributed by atoms with Crippen molar-refractivity contribution in [1.82, 2.24) is 9.80 Å². The van der Waals surface area contributed by atoms with Crippen molar-refractivity contribution in [3.63, 3.8) is 0 Å². The summed E-state index contributed by atoms with van der Waals surface area (Å²) in [5.74, 6) is 0.846. The molecule has 2 amide bonds. The number of nitrogens with two attached hydrogens (primary N) is 1. The van der Waals surface area contributed by atoms with Crippen molar-refractivity contribution < 1.29 is 9.59 Å². The van der Waals surface area contributed by atoms with Crippen LogP contribution in [0, 0.1) is 5.92 Å². The van der Waals surface area contributed by atoms with Gasteiger partial charge in [-0.15, -0.1) is 12.4 Å². The molecule has 0 atom stereocenters. The van der Waals surface area contributed by atoms with Gasteiger partial charge in [-0.2, -0.15) is 0 Å². The lowest BCUT2D eigenvalue weighted by atomic mass is 10.0. The highest BCUT2D eigenvalue weighted by molar-refractivity contribution is 5.95. The molecular weight excluding hydrogens is 338 g/mol. The van der Waals surface area contributed by atoms with Gasteiger partial charge in [0.05, 0.1) is 0 Å². The van der Waals surface area contributed by atoms with Crippen molar-refractivity contribution in [3.05, 3.63) is 29.8 Å². The molecule has 1 aliphatic carbocycles. The number of anilines is 1. The normalized spacial score (nSPS) is 18.6. The van der Waals surface area contributed by atoms with Crippen LogP contribution in [0.2, 0.25) is 0 Å². The molecule has 1 aromatic carbocycles. The summed E-state index contributed by atoms with van der Waals surface area (Å²) in [5, 5.41) is 0. The number of benzene rings is 1. The van der Waals surface area contributed by atoms with Gasteiger partial charge >= 0.3 is 0 Å². The first-order valence-electron chi connectivity index (χ1n) is 9.06. The minimum Gasteiger partial charge on any atom is -0.399 e. The topological polar surface area (TPSA) is 66.6 Å². The highest BCUT2D eigenvalue weighted by Gasteiger charge is 2.25. The van der Waals surface area contributed by atoms with Crippen LogP contribution in [0.1, 0.15) is 48.9 Å². The second kappa shape index (κ2) is 9.09. The molecule has 2 fully saturated rings. The molecule has 2 N–H and O–H groups in total. The van der Waals surface area contributed by atoms with E-state index in [0.29, 0.717) is 43.2 Å². The Morgan fingerprint density at radius 2 is 1.68 bits per heavy atom. The molecule has 6 heteroatoms. The summed E-state index contributed by atoms with van der Waals surface area (Å²) in [6.07, 6.45) is 6.44. The van der Waals surface area contributed by atoms with Crippen LogP contribution in [0.4, 0.5) is 5.69 Å². The first-order valence-corrected chi connectivity index (χ1v) is 9.06. The first kappa shape index (κ1) is 19.6. The Bertz CT molecular complexity index is 602. The van der Waals surface area contributed by atoms with E-state index in [1.54, 1.807) is 24.3 Å². The molecule has 0 bridgehead atoms. The lowest BCUT2D eigenvalue weighted by molar-refractivity contribution is -0.132. The molecule has 2 aliphatic rings. The zero-order valence-electron chi connectivity index (χ0n) is 14.7. The molecule has 3 rings (SSSR count). The summed E-state index contributed by atoms with van der Waals surface area (Å²) in [6, 6.07) is 7.10. The number of nitrogens with zero attached hydrogens (tertiary/aromatic N) is 2. The molecular formula is C19H28ClN3O2. The van der Waals surface area contributed by atoms with Crippen LogP contribution in [-0.2, 0) is 4.79 Å². The third-order valence-corrected chi connectivity index (χ3v) is 5.21. The van der Waals surface area contributed by atoms with E-state index >= 15 is 0 Å². The number of halogens is 1. The summed E-state index contributed by atoms with van der Waals surface area (Å²) in [4.78, 5) is 28.9. The number of carbonyl (C=O) groups is 2. The van der Waals surface area contributed by atoms with E-state index < -0.39 is 0 Å². The quantitative estimate of drug-likeness (QED) is 0.837. The lowest BCUT2D eigenvalue weighted by Gasteiger charge is -2.23. The van der Waals surface area contributed by atoms with Crippen LogP contribution >= 0.6 is 12.4 Å². The Kier molecular flexibility index (Phi) is 7.12. The van der Waals surface area contributed by atoms with Gasteiger partial charge in [-0.3, -0.25) is 9.59 Å². The van der Waals surface area contributed by atoms with Crippen molar-refractivity contribution in [2.45, 2.75) is 38.5 Å². The molecule has 1 aromatic rings. The van der Waals surface area contributed by atoms with Crippen molar-refractivity contribution in [2.24, 2.45) is 5.92 Å². The zero-order valence-corrected chi connectivity index (χ0v) is 15.5. The van der Waals surface area contributed by atoms with Gasteiger partial charge in [-0.25, -0.2) is 0 Å². The molecule has 1 aliphatic heterocycles. The van der Waals surface area contributed by atoms with Crippen LogP contribution in [0.3, 0.4) is 0 Å². The number of nitrogen functional groups attached to an aromatic ring is 1. The van der Waals surface area contributed by atoms with Gasteiger partial charge in [0.15, 0.2) is 0 Å². The molecule has 138 valence electrons. The standard InChI is InChI=1S/C19H27N3O2.ClH/c20-17-8-3-7-16(14-17)19(24)22-10-4-9-21(11-12-22)18(23)13-15-5-1-2-6-15;/h3,7-8,14-15H,1-2,4-6,9-13,20H2;1H. The van der Waals surface area contributed by atoms with E-state index in [0.717, 1.165) is 13.0 Å². The van der Waals surface area contributed by atoms with Crippen LogP contribution in [0.5, 0.6) is 0 Å². The van der Waals surface area contributed by atoms with E-state index in [4.69, 9.17) is 5.73 Å². The minimum absolute atomic E-state index is 0. The largest absolute Gasteiger partial charge is 0.399 e. The SMILES string of the molecule is Cl.Nc1cccc(C(=O)N2CCCN(C(=O)CC3CCCC3)CC2)c1.